The third-order valence-electron chi connectivity index (χ3n) is 5.66. The first-order valence-corrected chi connectivity index (χ1v) is 9.25. The first-order valence-electron chi connectivity index (χ1n) is 9.25. The number of carbonyl (C=O) groups is 1. The molecule has 138 valence electrons. The van der Waals surface area contributed by atoms with Gasteiger partial charge in [0, 0.05) is 24.6 Å². The average Bonchev–Trinajstić information content (AvgIpc) is 3.04. The molecule has 4 rings (SSSR count). The lowest BCUT2D eigenvalue weighted by Crippen LogP contribution is -2.38. The summed E-state index contributed by atoms with van der Waals surface area (Å²) >= 11 is 0. The Labute approximate surface area is 151 Å². The second-order valence-corrected chi connectivity index (χ2v) is 7.48. The first kappa shape index (κ1) is 17.2. The van der Waals surface area contributed by atoms with Crippen molar-refractivity contribution in [2.45, 2.75) is 44.9 Å². The number of carbonyl (C=O) groups excluding carboxylic acids is 1. The summed E-state index contributed by atoms with van der Waals surface area (Å²) in [5.41, 5.74) is 1.86. The molecule has 1 aromatic heterocycles. The van der Waals surface area contributed by atoms with Gasteiger partial charge in [0.15, 0.2) is 0 Å². The molecule has 0 N–H and O–H groups in total. The predicted molar refractivity (Wildman–Crippen MR) is 91.9 cm³/mol. The Kier molecular flexibility index (Phi) is 4.51. The summed E-state index contributed by atoms with van der Waals surface area (Å²) in [5, 5.41) is 4.24. The zero-order chi connectivity index (χ0) is 18.3. The fourth-order valence-corrected chi connectivity index (χ4v) is 4.13. The highest BCUT2D eigenvalue weighted by molar-refractivity contribution is 5.94. The molecule has 1 saturated heterocycles. The van der Waals surface area contributed by atoms with Crippen molar-refractivity contribution in [3.8, 4) is 0 Å². The zero-order valence-electron chi connectivity index (χ0n) is 14.8. The summed E-state index contributed by atoms with van der Waals surface area (Å²) in [4.78, 5) is 14.1. The summed E-state index contributed by atoms with van der Waals surface area (Å²) in [6, 6.07) is 3.50. The Morgan fingerprint density at radius 1 is 1.19 bits per heavy atom. The minimum atomic E-state index is -0.810. The Morgan fingerprint density at radius 2 is 1.88 bits per heavy atom. The number of benzene rings is 1. The smallest absolute Gasteiger partial charge is 0.259 e. The molecular weight excluding hydrogens is 338 g/mol. The summed E-state index contributed by atoms with van der Waals surface area (Å²) in [5.74, 6) is -0.397. The molecule has 0 radical (unpaired) electrons. The summed E-state index contributed by atoms with van der Waals surface area (Å²) in [7, 11) is 0. The Hall–Kier alpha value is -2.24. The first-order chi connectivity index (χ1) is 12.5. The van der Waals surface area contributed by atoms with Crippen molar-refractivity contribution in [1.29, 1.82) is 0 Å². The number of aromatic nitrogens is 1. The highest BCUT2D eigenvalue weighted by Gasteiger charge is 2.32. The SMILES string of the molecule is C[C@@H]1CCc2noc(C3CCN(C(=O)c4c(F)cccc4F)CC3)c2C1. The van der Waals surface area contributed by atoms with Crippen LogP contribution in [0.3, 0.4) is 0 Å². The van der Waals surface area contributed by atoms with Crippen LogP contribution < -0.4 is 0 Å². The molecule has 1 fully saturated rings. The molecule has 1 amide bonds. The molecule has 0 bridgehead atoms. The number of fused-ring (bicyclic) bond motifs is 1. The van der Waals surface area contributed by atoms with E-state index in [0.717, 1.165) is 55.7 Å². The number of hydrogen-bond donors (Lipinski definition) is 0. The van der Waals surface area contributed by atoms with Gasteiger partial charge in [-0.15, -0.1) is 0 Å². The fourth-order valence-electron chi connectivity index (χ4n) is 4.13. The number of halogens is 2. The summed E-state index contributed by atoms with van der Waals surface area (Å²) in [6.45, 7) is 3.16. The molecule has 0 saturated carbocycles. The predicted octanol–water partition coefficient (Wildman–Crippen LogP) is 4.10. The lowest BCUT2D eigenvalue weighted by Gasteiger charge is -2.31. The number of nitrogens with zero attached hydrogens (tertiary/aromatic N) is 2. The molecule has 1 aliphatic carbocycles. The van der Waals surface area contributed by atoms with Crippen LogP contribution in [-0.2, 0) is 12.8 Å². The maximum atomic E-state index is 13.9. The van der Waals surface area contributed by atoms with Crippen LogP contribution in [-0.4, -0.2) is 29.1 Å². The molecule has 6 heteroatoms. The minimum absolute atomic E-state index is 0.214. The average molecular weight is 360 g/mol. The lowest BCUT2D eigenvalue weighted by atomic mass is 9.83. The van der Waals surface area contributed by atoms with Crippen LogP contribution in [0.5, 0.6) is 0 Å². The van der Waals surface area contributed by atoms with E-state index in [-0.39, 0.29) is 5.92 Å². The Bertz CT molecular complexity index is 805. The quantitative estimate of drug-likeness (QED) is 0.810. The highest BCUT2D eigenvalue weighted by Crippen LogP contribution is 2.36. The van der Waals surface area contributed by atoms with Gasteiger partial charge in [0.1, 0.15) is 23.0 Å². The minimum Gasteiger partial charge on any atom is -0.361 e. The molecule has 0 unspecified atom stereocenters. The number of likely N-dealkylation sites (tertiary alicyclic amines) is 1. The van der Waals surface area contributed by atoms with Crippen LogP contribution in [0.1, 0.15) is 59.5 Å². The van der Waals surface area contributed by atoms with Gasteiger partial charge >= 0.3 is 0 Å². The van der Waals surface area contributed by atoms with E-state index in [4.69, 9.17) is 4.52 Å². The zero-order valence-corrected chi connectivity index (χ0v) is 14.8. The fraction of sp³-hybridized carbons (Fsp3) is 0.500. The van der Waals surface area contributed by atoms with E-state index in [2.05, 4.69) is 12.1 Å². The third-order valence-corrected chi connectivity index (χ3v) is 5.66. The second-order valence-electron chi connectivity index (χ2n) is 7.48. The maximum Gasteiger partial charge on any atom is 0.259 e. The van der Waals surface area contributed by atoms with Crippen molar-refractivity contribution in [2.24, 2.45) is 5.92 Å². The van der Waals surface area contributed by atoms with Gasteiger partial charge in [-0.2, -0.15) is 0 Å². The van der Waals surface area contributed by atoms with Gasteiger partial charge in [0.2, 0.25) is 0 Å². The van der Waals surface area contributed by atoms with Crippen molar-refractivity contribution in [3.63, 3.8) is 0 Å². The summed E-state index contributed by atoms with van der Waals surface area (Å²) < 4.78 is 33.4. The number of hydrogen-bond acceptors (Lipinski definition) is 3. The Morgan fingerprint density at radius 3 is 2.58 bits per heavy atom. The topological polar surface area (TPSA) is 46.3 Å². The molecule has 0 spiro atoms. The largest absolute Gasteiger partial charge is 0.361 e. The van der Waals surface area contributed by atoms with Gasteiger partial charge in [0.25, 0.3) is 5.91 Å². The maximum absolute atomic E-state index is 13.9. The van der Waals surface area contributed by atoms with Crippen LogP contribution in [0.2, 0.25) is 0 Å². The van der Waals surface area contributed by atoms with Gasteiger partial charge in [-0.3, -0.25) is 4.79 Å². The second kappa shape index (κ2) is 6.82. The van der Waals surface area contributed by atoms with Crippen LogP contribution in [0.4, 0.5) is 8.78 Å². The molecule has 2 aromatic rings. The van der Waals surface area contributed by atoms with Crippen LogP contribution in [0.25, 0.3) is 0 Å². The van der Waals surface area contributed by atoms with Gasteiger partial charge in [0.05, 0.1) is 5.69 Å². The van der Waals surface area contributed by atoms with Crippen molar-refractivity contribution in [1.82, 2.24) is 10.1 Å². The van der Waals surface area contributed by atoms with Gasteiger partial charge in [-0.05, 0) is 50.2 Å². The van der Waals surface area contributed by atoms with E-state index in [9.17, 15) is 13.6 Å². The standard InChI is InChI=1S/C20H22F2N2O2/c1-12-5-6-17-14(11-12)19(26-23-17)13-7-9-24(10-8-13)20(25)18-15(21)3-2-4-16(18)22/h2-4,12-13H,5-11H2,1H3/t12-/m1/s1. The molecule has 1 aromatic carbocycles. The monoisotopic (exact) mass is 360 g/mol. The van der Waals surface area contributed by atoms with Crippen LogP contribution in [0.15, 0.2) is 22.7 Å². The normalized spacial score (nSPS) is 20.9. The van der Waals surface area contributed by atoms with Crippen LogP contribution in [0, 0.1) is 17.6 Å². The number of amides is 1. The van der Waals surface area contributed by atoms with E-state index >= 15 is 0 Å². The van der Waals surface area contributed by atoms with E-state index < -0.39 is 23.1 Å². The van der Waals surface area contributed by atoms with E-state index in [1.54, 1.807) is 0 Å². The molecule has 2 aliphatic rings. The van der Waals surface area contributed by atoms with E-state index in [1.807, 2.05) is 0 Å². The van der Waals surface area contributed by atoms with E-state index in [1.165, 1.54) is 16.5 Å². The van der Waals surface area contributed by atoms with Crippen molar-refractivity contribution in [2.75, 3.05) is 13.1 Å². The van der Waals surface area contributed by atoms with Crippen LogP contribution >= 0.6 is 0 Å². The number of aryl methyl sites for hydroxylation is 1. The number of piperidine rings is 1. The highest BCUT2D eigenvalue weighted by atomic mass is 19.1. The molecule has 4 nitrogen and oxygen atoms in total. The molecular formula is C20H22F2N2O2. The van der Waals surface area contributed by atoms with Gasteiger partial charge in [-0.25, -0.2) is 8.78 Å². The molecule has 26 heavy (non-hydrogen) atoms. The molecule has 2 heterocycles. The number of rotatable bonds is 2. The van der Waals surface area contributed by atoms with Gasteiger partial charge < -0.3 is 9.42 Å². The van der Waals surface area contributed by atoms with Crippen molar-refractivity contribution in [3.05, 3.63) is 52.4 Å². The van der Waals surface area contributed by atoms with E-state index in [0.29, 0.717) is 19.0 Å². The van der Waals surface area contributed by atoms with Gasteiger partial charge in [-0.1, -0.05) is 18.1 Å². The Balaban J connectivity index is 1.47. The molecule has 1 aliphatic heterocycles. The third kappa shape index (κ3) is 3.02. The lowest BCUT2D eigenvalue weighted by molar-refractivity contribution is 0.0696. The van der Waals surface area contributed by atoms with Crippen molar-refractivity contribution >= 4 is 5.91 Å². The summed E-state index contributed by atoms with van der Waals surface area (Å²) in [6.07, 6.45) is 4.54. The van der Waals surface area contributed by atoms with Crippen molar-refractivity contribution < 1.29 is 18.1 Å². The molecule has 1 atom stereocenters.